The van der Waals surface area contributed by atoms with Crippen LogP contribution >= 0.6 is 23.2 Å². The van der Waals surface area contributed by atoms with Crippen molar-refractivity contribution in [1.29, 1.82) is 0 Å². The average molecular weight is 405 g/mol. The molecule has 0 saturated heterocycles. The van der Waals surface area contributed by atoms with E-state index in [2.05, 4.69) is 20.8 Å². The van der Waals surface area contributed by atoms with Crippen LogP contribution in [0.4, 0.5) is 6.01 Å². The topological polar surface area (TPSA) is 97.1 Å². The zero-order valence-corrected chi connectivity index (χ0v) is 15.4. The first kappa shape index (κ1) is 18.9. The molecule has 0 fully saturated rings. The minimum Gasteiger partial charge on any atom is -0.403 e. The van der Waals surface area contributed by atoms with Gasteiger partial charge in [-0.3, -0.25) is 14.9 Å². The molecule has 0 bridgehead atoms. The van der Waals surface area contributed by atoms with Gasteiger partial charge in [-0.1, -0.05) is 40.4 Å². The Morgan fingerprint density at radius 1 is 1.00 bits per heavy atom. The number of amides is 2. The van der Waals surface area contributed by atoms with Gasteiger partial charge in [-0.15, -0.1) is 5.10 Å². The van der Waals surface area contributed by atoms with Gasteiger partial charge in [-0.05, 0) is 36.4 Å². The van der Waals surface area contributed by atoms with Crippen LogP contribution in [0.5, 0.6) is 0 Å². The van der Waals surface area contributed by atoms with Crippen LogP contribution in [0.3, 0.4) is 0 Å². The summed E-state index contributed by atoms with van der Waals surface area (Å²) in [5.74, 6) is -0.467. The molecule has 1 heterocycles. The summed E-state index contributed by atoms with van der Waals surface area (Å²) in [6, 6.07) is 13.5. The molecule has 2 N–H and O–H groups in total. The van der Waals surface area contributed by atoms with Crippen molar-refractivity contribution < 1.29 is 14.0 Å². The molecule has 138 valence electrons. The number of hydrogen-bond donors (Lipinski definition) is 2. The van der Waals surface area contributed by atoms with Crippen molar-refractivity contribution >= 4 is 41.0 Å². The molecule has 0 aliphatic heterocycles. The zero-order valence-electron chi connectivity index (χ0n) is 13.9. The molecule has 7 nitrogen and oxygen atoms in total. The molecule has 0 aliphatic rings. The molecule has 0 radical (unpaired) electrons. The molecule has 3 aromatic rings. The molecule has 2 amide bonds. The maximum atomic E-state index is 12.0. The van der Waals surface area contributed by atoms with Crippen LogP contribution in [-0.4, -0.2) is 28.6 Å². The Labute approximate surface area is 164 Å². The quantitative estimate of drug-likeness (QED) is 0.650. The summed E-state index contributed by atoms with van der Waals surface area (Å²) < 4.78 is 5.39. The summed E-state index contributed by atoms with van der Waals surface area (Å²) >= 11 is 11.8. The number of aromatic nitrogens is 2. The number of nitrogens with one attached hydrogen (secondary N) is 2. The maximum absolute atomic E-state index is 12.0. The molecule has 9 heteroatoms. The number of anilines is 1. The fourth-order valence-corrected chi connectivity index (χ4v) is 2.54. The van der Waals surface area contributed by atoms with Gasteiger partial charge in [-0.25, -0.2) is 0 Å². The van der Waals surface area contributed by atoms with Gasteiger partial charge in [-0.2, -0.15) is 0 Å². The van der Waals surface area contributed by atoms with E-state index in [-0.39, 0.29) is 36.7 Å². The minimum absolute atomic E-state index is 0.0256. The highest BCUT2D eigenvalue weighted by Gasteiger charge is 2.13. The van der Waals surface area contributed by atoms with Gasteiger partial charge in [0.25, 0.3) is 5.91 Å². The van der Waals surface area contributed by atoms with Crippen molar-refractivity contribution in [1.82, 2.24) is 15.5 Å². The second kappa shape index (κ2) is 8.66. The van der Waals surface area contributed by atoms with E-state index in [9.17, 15) is 9.59 Å². The van der Waals surface area contributed by atoms with Crippen LogP contribution in [0.2, 0.25) is 10.0 Å². The van der Waals surface area contributed by atoms with E-state index in [0.717, 1.165) is 0 Å². The molecule has 0 spiro atoms. The summed E-state index contributed by atoms with van der Waals surface area (Å²) in [4.78, 5) is 24.0. The summed E-state index contributed by atoms with van der Waals surface area (Å²) in [6.45, 7) is 0.133. The molecule has 0 atom stereocenters. The number of rotatable bonds is 6. The Hall–Kier alpha value is -2.90. The van der Waals surface area contributed by atoms with Crippen LogP contribution in [-0.2, 0) is 4.79 Å². The van der Waals surface area contributed by atoms with Crippen LogP contribution in [0.1, 0.15) is 16.8 Å². The fraction of sp³-hybridized carbons (Fsp3) is 0.111. The van der Waals surface area contributed by atoms with E-state index >= 15 is 0 Å². The summed E-state index contributed by atoms with van der Waals surface area (Å²) in [5, 5.41) is 13.7. The van der Waals surface area contributed by atoms with Crippen molar-refractivity contribution in [2.45, 2.75) is 6.42 Å². The number of hydrogen-bond acceptors (Lipinski definition) is 5. The molecule has 3 rings (SSSR count). The SMILES string of the molecule is O=C(CCNC(=O)c1ccccc1Cl)Nc1nnc(-c2ccc(Cl)cc2)o1. The standard InChI is InChI=1S/C18H14Cl2N4O3/c19-12-7-5-11(6-8-12)17-23-24-18(27-17)22-15(25)9-10-21-16(26)13-3-1-2-4-14(13)20/h1-8H,9-10H2,(H,21,26)(H,22,24,25). The smallest absolute Gasteiger partial charge is 0.322 e. The van der Waals surface area contributed by atoms with E-state index < -0.39 is 0 Å². The van der Waals surface area contributed by atoms with E-state index in [4.69, 9.17) is 27.6 Å². The predicted molar refractivity (Wildman–Crippen MR) is 102 cm³/mol. The number of nitrogens with zero attached hydrogens (tertiary/aromatic N) is 2. The van der Waals surface area contributed by atoms with Gasteiger partial charge in [0.2, 0.25) is 11.8 Å². The van der Waals surface area contributed by atoms with Gasteiger partial charge < -0.3 is 9.73 Å². The Morgan fingerprint density at radius 3 is 2.48 bits per heavy atom. The van der Waals surface area contributed by atoms with Crippen molar-refractivity contribution in [2.24, 2.45) is 0 Å². The highest BCUT2D eigenvalue weighted by molar-refractivity contribution is 6.33. The van der Waals surface area contributed by atoms with Crippen molar-refractivity contribution in [2.75, 3.05) is 11.9 Å². The average Bonchev–Trinajstić information content (AvgIpc) is 3.11. The Morgan fingerprint density at radius 2 is 1.74 bits per heavy atom. The van der Waals surface area contributed by atoms with Crippen molar-refractivity contribution in [3.8, 4) is 11.5 Å². The Bertz CT molecular complexity index is 957. The molecule has 0 saturated carbocycles. The number of benzene rings is 2. The third kappa shape index (κ3) is 5.06. The van der Waals surface area contributed by atoms with Crippen LogP contribution < -0.4 is 10.6 Å². The summed E-state index contributed by atoms with van der Waals surface area (Å²) in [7, 11) is 0. The lowest BCUT2D eigenvalue weighted by molar-refractivity contribution is -0.116. The van der Waals surface area contributed by atoms with Gasteiger partial charge in [0.1, 0.15) is 0 Å². The lowest BCUT2D eigenvalue weighted by Crippen LogP contribution is -2.27. The first-order valence-corrected chi connectivity index (χ1v) is 8.70. The lowest BCUT2D eigenvalue weighted by Gasteiger charge is -2.06. The number of carbonyl (C=O) groups is 2. The predicted octanol–water partition coefficient (Wildman–Crippen LogP) is 3.80. The largest absolute Gasteiger partial charge is 0.403 e. The van der Waals surface area contributed by atoms with Crippen LogP contribution in [0, 0.1) is 0 Å². The maximum Gasteiger partial charge on any atom is 0.322 e. The number of halogens is 2. The van der Waals surface area contributed by atoms with Crippen LogP contribution in [0.25, 0.3) is 11.5 Å². The number of carbonyl (C=O) groups excluding carboxylic acids is 2. The monoisotopic (exact) mass is 404 g/mol. The molecule has 0 unspecified atom stereocenters. The molecule has 2 aromatic carbocycles. The summed E-state index contributed by atoms with van der Waals surface area (Å²) in [5.41, 5.74) is 1.03. The first-order valence-electron chi connectivity index (χ1n) is 7.95. The minimum atomic E-state index is -0.374. The van der Waals surface area contributed by atoms with Crippen molar-refractivity contribution in [3.05, 3.63) is 64.1 Å². The molecule has 1 aromatic heterocycles. The molecular formula is C18H14Cl2N4O3. The second-order valence-corrected chi connectivity index (χ2v) is 6.30. The van der Waals surface area contributed by atoms with Gasteiger partial charge in [0, 0.05) is 23.6 Å². The van der Waals surface area contributed by atoms with E-state index in [1.54, 1.807) is 48.5 Å². The van der Waals surface area contributed by atoms with Gasteiger partial charge in [0.05, 0.1) is 10.6 Å². The van der Waals surface area contributed by atoms with Gasteiger partial charge >= 0.3 is 6.01 Å². The summed E-state index contributed by atoms with van der Waals surface area (Å²) in [6.07, 6.45) is 0.0366. The molecule has 27 heavy (non-hydrogen) atoms. The van der Waals surface area contributed by atoms with E-state index in [1.165, 1.54) is 0 Å². The van der Waals surface area contributed by atoms with Crippen LogP contribution in [0.15, 0.2) is 52.9 Å². The third-order valence-electron chi connectivity index (χ3n) is 3.52. The van der Waals surface area contributed by atoms with Gasteiger partial charge in [0.15, 0.2) is 0 Å². The first-order chi connectivity index (χ1) is 13.0. The highest BCUT2D eigenvalue weighted by Crippen LogP contribution is 2.21. The fourth-order valence-electron chi connectivity index (χ4n) is 2.19. The second-order valence-electron chi connectivity index (χ2n) is 5.45. The zero-order chi connectivity index (χ0) is 19.2. The van der Waals surface area contributed by atoms with E-state index in [0.29, 0.717) is 21.2 Å². The third-order valence-corrected chi connectivity index (χ3v) is 4.10. The lowest BCUT2D eigenvalue weighted by atomic mass is 10.2. The Kier molecular flexibility index (Phi) is 6.05. The van der Waals surface area contributed by atoms with Crippen molar-refractivity contribution in [3.63, 3.8) is 0 Å². The van der Waals surface area contributed by atoms with E-state index in [1.807, 2.05) is 0 Å². The molecule has 0 aliphatic carbocycles. The molecular weight excluding hydrogens is 391 g/mol. The Balaban J connectivity index is 1.49. The highest BCUT2D eigenvalue weighted by atomic mass is 35.5. The normalized spacial score (nSPS) is 10.4.